The van der Waals surface area contributed by atoms with Crippen LogP contribution in [0.25, 0.3) is 97.8 Å². The second-order valence-corrected chi connectivity index (χ2v) is 12.7. The topological polar surface area (TPSA) is 51.8 Å². The van der Waals surface area contributed by atoms with Crippen LogP contribution in [0.5, 0.6) is 0 Å². The van der Waals surface area contributed by atoms with Crippen molar-refractivity contribution in [1.82, 2.24) is 15.0 Å². The number of aromatic nitrogens is 3. The number of para-hydroxylation sites is 1. The molecular formula is C41H23N3OS. The Bertz CT molecular complexity index is 2830. The third-order valence-electron chi connectivity index (χ3n) is 8.89. The number of nitrogens with zero attached hydrogens (tertiary/aromatic N) is 3. The van der Waals surface area contributed by atoms with Gasteiger partial charge in [-0.3, -0.25) is 0 Å². The fraction of sp³-hybridized carbons (Fsp3) is 0. The number of benzene rings is 7. The summed E-state index contributed by atoms with van der Waals surface area (Å²) in [5, 5.41) is 9.13. The largest absolute Gasteiger partial charge is 0.455 e. The van der Waals surface area contributed by atoms with E-state index < -0.39 is 0 Å². The summed E-state index contributed by atoms with van der Waals surface area (Å²) < 4.78 is 9.06. The molecule has 10 aromatic rings. The van der Waals surface area contributed by atoms with Gasteiger partial charge in [-0.1, -0.05) is 103 Å². The fourth-order valence-corrected chi connectivity index (χ4v) is 7.83. The van der Waals surface area contributed by atoms with Gasteiger partial charge in [0.05, 0.1) is 5.56 Å². The van der Waals surface area contributed by atoms with Gasteiger partial charge < -0.3 is 4.42 Å². The minimum absolute atomic E-state index is 0.582. The molecule has 214 valence electrons. The van der Waals surface area contributed by atoms with Gasteiger partial charge in [0.15, 0.2) is 17.5 Å². The molecule has 3 heterocycles. The van der Waals surface area contributed by atoms with E-state index >= 15 is 0 Å². The van der Waals surface area contributed by atoms with E-state index in [2.05, 4.69) is 133 Å². The molecule has 5 heteroatoms. The maximum atomic E-state index is 6.61. The number of hydrogen-bond acceptors (Lipinski definition) is 5. The van der Waals surface area contributed by atoms with E-state index in [0.29, 0.717) is 17.5 Å². The third kappa shape index (κ3) is 3.89. The highest BCUT2D eigenvalue weighted by molar-refractivity contribution is 7.25. The maximum absolute atomic E-state index is 6.61. The van der Waals surface area contributed by atoms with Crippen molar-refractivity contribution in [3.8, 4) is 34.2 Å². The summed E-state index contributed by atoms with van der Waals surface area (Å²) >= 11 is 1.79. The Morgan fingerprint density at radius 3 is 1.93 bits per heavy atom. The molecule has 0 bridgehead atoms. The van der Waals surface area contributed by atoms with Gasteiger partial charge in [0.1, 0.15) is 11.2 Å². The average molecular weight is 606 g/mol. The second kappa shape index (κ2) is 9.80. The summed E-state index contributed by atoms with van der Waals surface area (Å²) in [7, 11) is 0. The first-order valence-electron chi connectivity index (χ1n) is 15.3. The molecule has 0 spiro atoms. The van der Waals surface area contributed by atoms with Crippen molar-refractivity contribution in [3.63, 3.8) is 0 Å². The molecule has 0 unspecified atom stereocenters. The highest BCUT2D eigenvalue weighted by atomic mass is 32.1. The lowest BCUT2D eigenvalue weighted by atomic mass is 10.0. The van der Waals surface area contributed by atoms with E-state index in [1.54, 1.807) is 11.3 Å². The standard InChI is InChI=1S/C41H23N3OS/c1-2-10-25-21-28(20-19-24(25)9-1)39-42-40(31-15-8-18-36-37(31)30-13-5-6-17-35(30)46-36)44-41(43-39)32-16-7-14-29-33-22-26-11-3-4-12-27(26)23-34(33)45-38(29)32/h1-23H. The van der Waals surface area contributed by atoms with Gasteiger partial charge in [-0.05, 0) is 57.9 Å². The summed E-state index contributed by atoms with van der Waals surface area (Å²) in [6.45, 7) is 0. The number of fused-ring (bicyclic) bond motifs is 8. The molecule has 3 aromatic heterocycles. The predicted molar refractivity (Wildman–Crippen MR) is 191 cm³/mol. The molecule has 7 aromatic carbocycles. The van der Waals surface area contributed by atoms with Crippen LogP contribution >= 0.6 is 11.3 Å². The van der Waals surface area contributed by atoms with Gasteiger partial charge in [0.25, 0.3) is 0 Å². The first kappa shape index (κ1) is 25.4. The van der Waals surface area contributed by atoms with Crippen LogP contribution in [0.3, 0.4) is 0 Å². The molecular weight excluding hydrogens is 583 g/mol. The van der Waals surface area contributed by atoms with Crippen LogP contribution in [-0.4, -0.2) is 15.0 Å². The van der Waals surface area contributed by atoms with Gasteiger partial charge in [0, 0.05) is 42.1 Å². The lowest BCUT2D eigenvalue weighted by molar-refractivity contribution is 0.670. The summed E-state index contributed by atoms with van der Waals surface area (Å²) in [6.07, 6.45) is 0. The number of thiophene rings is 1. The van der Waals surface area contributed by atoms with Crippen LogP contribution in [0.2, 0.25) is 0 Å². The molecule has 0 saturated heterocycles. The normalized spacial score (nSPS) is 11.9. The van der Waals surface area contributed by atoms with Crippen LogP contribution in [0, 0.1) is 0 Å². The minimum atomic E-state index is 0.582. The van der Waals surface area contributed by atoms with E-state index in [9.17, 15) is 0 Å². The molecule has 0 aliphatic rings. The van der Waals surface area contributed by atoms with Crippen LogP contribution in [0.4, 0.5) is 0 Å². The highest BCUT2D eigenvalue weighted by Crippen LogP contribution is 2.41. The number of rotatable bonds is 3. The van der Waals surface area contributed by atoms with Gasteiger partial charge in [-0.2, -0.15) is 0 Å². The Morgan fingerprint density at radius 1 is 0.435 bits per heavy atom. The SMILES string of the molecule is c1ccc2cc(-c3nc(-c4cccc5c4oc4cc6ccccc6cc45)nc(-c4cccc5sc6ccccc6c45)n3)ccc2c1. The maximum Gasteiger partial charge on any atom is 0.167 e. The summed E-state index contributed by atoms with van der Waals surface area (Å²) in [4.78, 5) is 15.5. The summed E-state index contributed by atoms with van der Waals surface area (Å²) in [6, 6.07) is 48.6. The van der Waals surface area contributed by atoms with Gasteiger partial charge >= 0.3 is 0 Å². The molecule has 0 atom stereocenters. The first-order chi connectivity index (χ1) is 22.8. The van der Waals surface area contributed by atoms with Gasteiger partial charge in [-0.15, -0.1) is 11.3 Å². The van der Waals surface area contributed by atoms with E-state index in [4.69, 9.17) is 19.4 Å². The molecule has 0 aliphatic carbocycles. The fourth-order valence-electron chi connectivity index (χ4n) is 6.69. The first-order valence-corrected chi connectivity index (χ1v) is 16.1. The van der Waals surface area contributed by atoms with E-state index in [1.165, 1.54) is 30.9 Å². The van der Waals surface area contributed by atoms with Crippen LogP contribution in [0.1, 0.15) is 0 Å². The van der Waals surface area contributed by atoms with Crippen molar-refractivity contribution in [2.24, 2.45) is 0 Å². The molecule has 0 fully saturated rings. The van der Waals surface area contributed by atoms with Crippen molar-refractivity contribution in [2.45, 2.75) is 0 Å². The summed E-state index contributed by atoms with van der Waals surface area (Å²) in [5.74, 6) is 1.85. The molecule has 0 N–H and O–H groups in total. The van der Waals surface area contributed by atoms with Crippen molar-refractivity contribution >= 4 is 75.0 Å². The van der Waals surface area contributed by atoms with Crippen molar-refractivity contribution in [2.75, 3.05) is 0 Å². The average Bonchev–Trinajstić information content (AvgIpc) is 3.68. The molecule has 0 aliphatic heterocycles. The highest BCUT2D eigenvalue weighted by Gasteiger charge is 2.20. The van der Waals surface area contributed by atoms with Crippen LogP contribution in [-0.2, 0) is 0 Å². The Labute approximate surface area is 267 Å². The van der Waals surface area contributed by atoms with Crippen LogP contribution in [0.15, 0.2) is 144 Å². The van der Waals surface area contributed by atoms with Crippen molar-refractivity contribution in [1.29, 1.82) is 0 Å². The zero-order valence-electron chi connectivity index (χ0n) is 24.4. The molecule has 0 amide bonds. The molecule has 4 nitrogen and oxygen atoms in total. The van der Waals surface area contributed by atoms with Crippen molar-refractivity contribution in [3.05, 3.63) is 140 Å². The Morgan fingerprint density at radius 2 is 1.07 bits per heavy atom. The smallest absolute Gasteiger partial charge is 0.167 e. The number of hydrogen-bond donors (Lipinski definition) is 0. The number of furan rings is 1. The Kier molecular flexibility index (Phi) is 5.41. The molecule has 46 heavy (non-hydrogen) atoms. The van der Waals surface area contributed by atoms with Crippen molar-refractivity contribution < 1.29 is 4.42 Å². The van der Waals surface area contributed by atoms with Crippen LogP contribution < -0.4 is 0 Å². The Hall–Kier alpha value is -5.91. The predicted octanol–water partition coefficient (Wildman–Crippen LogP) is 11.4. The third-order valence-corrected chi connectivity index (χ3v) is 10.0. The van der Waals surface area contributed by atoms with Gasteiger partial charge in [0.2, 0.25) is 0 Å². The molecule has 10 rings (SSSR count). The zero-order valence-corrected chi connectivity index (χ0v) is 25.3. The quantitative estimate of drug-likeness (QED) is 0.201. The van der Waals surface area contributed by atoms with Gasteiger partial charge in [-0.25, -0.2) is 15.0 Å². The zero-order chi connectivity index (χ0) is 30.2. The monoisotopic (exact) mass is 605 g/mol. The summed E-state index contributed by atoms with van der Waals surface area (Å²) in [5.41, 5.74) is 4.39. The lowest BCUT2D eigenvalue weighted by Gasteiger charge is -2.10. The van der Waals surface area contributed by atoms with E-state index in [-0.39, 0.29) is 0 Å². The van der Waals surface area contributed by atoms with E-state index in [1.807, 2.05) is 6.07 Å². The van der Waals surface area contributed by atoms with E-state index in [0.717, 1.165) is 49.4 Å². The lowest BCUT2D eigenvalue weighted by Crippen LogP contribution is -2.00. The minimum Gasteiger partial charge on any atom is -0.455 e. The molecule has 0 saturated carbocycles. The molecule has 0 radical (unpaired) electrons. The Balaban J connectivity index is 1.26. The second-order valence-electron chi connectivity index (χ2n) is 11.6.